The minimum atomic E-state index is -0.918. The molecule has 0 saturated heterocycles. The predicted molar refractivity (Wildman–Crippen MR) is 116 cm³/mol. The van der Waals surface area contributed by atoms with Gasteiger partial charge in [-0.15, -0.1) is 0 Å². The number of hydrogen-bond donors (Lipinski definition) is 0. The number of nitrogens with zero attached hydrogens (tertiary/aromatic N) is 1. The lowest BCUT2D eigenvalue weighted by molar-refractivity contribution is -0.153. The number of benzene rings is 3. The Bertz CT molecular complexity index is 1150. The first-order chi connectivity index (χ1) is 14.6. The largest absolute Gasteiger partial charge is 0.465 e. The number of carbonyl (C=O) groups is 2. The molecule has 1 fully saturated rings. The highest BCUT2D eigenvalue weighted by molar-refractivity contribution is 6.01. The Balaban J connectivity index is 1.85. The SMILES string of the molecule is CCOC(=O)C1CC(C#N)(c2ccccc2-c2cccc3ccccc23)CCC1=O. The molecule has 1 saturated carbocycles. The van der Waals surface area contributed by atoms with Crippen LogP contribution < -0.4 is 0 Å². The van der Waals surface area contributed by atoms with Gasteiger partial charge >= 0.3 is 5.97 Å². The van der Waals surface area contributed by atoms with Crippen molar-refractivity contribution in [1.29, 1.82) is 5.26 Å². The summed E-state index contributed by atoms with van der Waals surface area (Å²) >= 11 is 0. The van der Waals surface area contributed by atoms with E-state index in [1.54, 1.807) is 6.92 Å². The topological polar surface area (TPSA) is 67.2 Å². The van der Waals surface area contributed by atoms with Gasteiger partial charge in [0, 0.05) is 6.42 Å². The highest BCUT2D eigenvalue weighted by Gasteiger charge is 2.46. The van der Waals surface area contributed by atoms with Gasteiger partial charge in [-0.05, 0) is 47.2 Å². The predicted octanol–water partition coefficient (Wildman–Crippen LogP) is 5.20. The van der Waals surface area contributed by atoms with Crippen molar-refractivity contribution in [2.75, 3.05) is 6.61 Å². The summed E-state index contributed by atoms with van der Waals surface area (Å²) in [7, 11) is 0. The molecule has 3 aromatic rings. The van der Waals surface area contributed by atoms with Gasteiger partial charge in [0.2, 0.25) is 0 Å². The van der Waals surface area contributed by atoms with Gasteiger partial charge in [0.25, 0.3) is 0 Å². The summed E-state index contributed by atoms with van der Waals surface area (Å²) < 4.78 is 5.13. The lowest BCUT2D eigenvalue weighted by atomic mass is 9.64. The fourth-order valence-corrected chi connectivity index (χ4v) is 4.53. The molecule has 4 rings (SSSR count). The van der Waals surface area contributed by atoms with E-state index < -0.39 is 17.3 Å². The summed E-state index contributed by atoms with van der Waals surface area (Å²) in [5.74, 6) is -1.55. The van der Waals surface area contributed by atoms with Crippen molar-refractivity contribution in [3.05, 3.63) is 72.3 Å². The molecule has 0 heterocycles. The van der Waals surface area contributed by atoms with Gasteiger partial charge in [0.15, 0.2) is 0 Å². The molecule has 150 valence electrons. The summed E-state index contributed by atoms with van der Waals surface area (Å²) in [5, 5.41) is 12.5. The van der Waals surface area contributed by atoms with Gasteiger partial charge in [-0.1, -0.05) is 66.7 Å². The maximum atomic E-state index is 12.5. The summed E-state index contributed by atoms with van der Waals surface area (Å²) in [6, 6.07) is 24.6. The zero-order chi connectivity index (χ0) is 21.1. The second-order valence-corrected chi connectivity index (χ2v) is 7.74. The van der Waals surface area contributed by atoms with Crippen LogP contribution in [0.3, 0.4) is 0 Å². The number of ketones is 1. The molecule has 2 atom stereocenters. The maximum Gasteiger partial charge on any atom is 0.316 e. The molecule has 1 aliphatic carbocycles. The molecule has 30 heavy (non-hydrogen) atoms. The molecule has 2 unspecified atom stereocenters. The smallest absolute Gasteiger partial charge is 0.316 e. The van der Waals surface area contributed by atoms with E-state index in [-0.39, 0.29) is 25.2 Å². The third-order valence-electron chi connectivity index (χ3n) is 6.05. The highest BCUT2D eigenvalue weighted by atomic mass is 16.5. The van der Waals surface area contributed by atoms with E-state index in [1.807, 2.05) is 42.5 Å². The second-order valence-electron chi connectivity index (χ2n) is 7.74. The molecule has 0 radical (unpaired) electrons. The van der Waals surface area contributed by atoms with Crippen LogP contribution in [-0.2, 0) is 19.7 Å². The monoisotopic (exact) mass is 397 g/mol. The fourth-order valence-electron chi connectivity index (χ4n) is 4.53. The number of Topliss-reactive ketones (excluding diaryl/α,β-unsaturated/α-hetero) is 1. The van der Waals surface area contributed by atoms with Crippen LogP contribution in [0.1, 0.15) is 31.7 Å². The number of fused-ring (bicyclic) bond motifs is 1. The van der Waals surface area contributed by atoms with Crippen molar-refractivity contribution >= 4 is 22.5 Å². The highest BCUT2D eigenvalue weighted by Crippen LogP contribution is 2.45. The zero-order valence-corrected chi connectivity index (χ0v) is 16.9. The minimum absolute atomic E-state index is 0.137. The molecule has 0 spiro atoms. The van der Waals surface area contributed by atoms with Crippen molar-refractivity contribution in [3.63, 3.8) is 0 Å². The van der Waals surface area contributed by atoms with Gasteiger partial charge in [0.05, 0.1) is 18.1 Å². The van der Waals surface area contributed by atoms with Crippen LogP contribution in [0.2, 0.25) is 0 Å². The van der Waals surface area contributed by atoms with E-state index in [0.717, 1.165) is 27.5 Å². The van der Waals surface area contributed by atoms with E-state index in [0.29, 0.717) is 6.42 Å². The Morgan fingerprint density at radius 1 is 1.07 bits per heavy atom. The minimum Gasteiger partial charge on any atom is -0.465 e. The summed E-state index contributed by atoms with van der Waals surface area (Å²) in [4.78, 5) is 24.9. The van der Waals surface area contributed by atoms with Crippen molar-refractivity contribution < 1.29 is 14.3 Å². The molecular formula is C26H23NO3. The van der Waals surface area contributed by atoms with Gasteiger partial charge in [0.1, 0.15) is 11.7 Å². The van der Waals surface area contributed by atoms with Crippen LogP contribution in [0.25, 0.3) is 21.9 Å². The number of hydrogen-bond acceptors (Lipinski definition) is 4. The molecule has 4 nitrogen and oxygen atoms in total. The third kappa shape index (κ3) is 3.37. The van der Waals surface area contributed by atoms with Gasteiger partial charge < -0.3 is 4.74 Å². The number of carbonyl (C=O) groups excluding carboxylic acids is 2. The van der Waals surface area contributed by atoms with Crippen molar-refractivity contribution in [2.24, 2.45) is 5.92 Å². The number of nitriles is 1. The molecule has 0 aliphatic heterocycles. The fraction of sp³-hybridized carbons (Fsp3) is 0.269. The van der Waals surface area contributed by atoms with E-state index in [4.69, 9.17) is 4.74 Å². The first kappa shape index (κ1) is 19.8. The second kappa shape index (κ2) is 8.12. The maximum absolute atomic E-state index is 12.5. The van der Waals surface area contributed by atoms with E-state index in [1.165, 1.54) is 0 Å². The van der Waals surface area contributed by atoms with Crippen molar-refractivity contribution in [2.45, 2.75) is 31.6 Å². The Morgan fingerprint density at radius 2 is 1.77 bits per heavy atom. The molecule has 0 N–H and O–H groups in total. The van der Waals surface area contributed by atoms with Gasteiger partial charge in [-0.3, -0.25) is 9.59 Å². The number of rotatable bonds is 4. The van der Waals surface area contributed by atoms with Gasteiger partial charge in [-0.2, -0.15) is 5.26 Å². The quantitative estimate of drug-likeness (QED) is 0.448. The Morgan fingerprint density at radius 3 is 2.57 bits per heavy atom. The molecule has 1 aliphatic rings. The van der Waals surface area contributed by atoms with Crippen LogP contribution in [0.15, 0.2) is 66.7 Å². The Hall–Kier alpha value is -3.45. The number of ether oxygens (including phenoxy) is 1. The van der Waals surface area contributed by atoms with Gasteiger partial charge in [-0.25, -0.2) is 0 Å². The molecule has 0 aromatic heterocycles. The average Bonchev–Trinajstić information content (AvgIpc) is 2.79. The van der Waals surface area contributed by atoms with Crippen LogP contribution >= 0.6 is 0 Å². The first-order valence-electron chi connectivity index (χ1n) is 10.3. The molecule has 4 heteroatoms. The van der Waals surface area contributed by atoms with E-state index in [2.05, 4.69) is 30.3 Å². The summed E-state index contributed by atoms with van der Waals surface area (Å²) in [6.45, 7) is 1.94. The molecule has 0 bridgehead atoms. The van der Waals surface area contributed by atoms with Crippen molar-refractivity contribution in [3.8, 4) is 17.2 Å². The van der Waals surface area contributed by atoms with Crippen molar-refractivity contribution in [1.82, 2.24) is 0 Å². The lowest BCUT2D eigenvalue weighted by Crippen LogP contribution is -2.41. The normalized spacial score (nSPS) is 21.2. The van der Waals surface area contributed by atoms with E-state index in [9.17, 15) is 14.9 Å². The molecule has 3 aromatic carbocycles. The lowest BCUT2D eigenvalue weighted by Gasteiger charge is -2.35. The summed E-state index contributed by atoms with van der Waals surface area (Å²) in [6.07, 6.45) is 0.754. The molecular weight excluding hydrogens is 374 g/mol. The van der Waals surface area contributed by atoms with Crippen LogP contribution in [0.4, 0.5) is 0 Å². The standard InChI is InChI=1S/C26H23NO3/c1-2-30-25(29)22-16-26(17-27,15-14-24(22)28)23-13-6-5-11-21(23)20-12-7-9-18-8-3-4-10-19(18)20/h3-13,22H,2,14-16H2,1H3. The molecule has 0 amide bonds. The van der Waals surface area contributed by atoms with E-state index >= 15 is 0 Å². The zero-order valence-electron chi connectivity index (χ0n) is 16.9. The van der Waals surface area contributed by atoms with Crippen LogP contribution in [-0.4, -0.2) is 18.4 Å². The number of esters is 1. The summed E-state index contributed by atoms with van der Waals surface area (Å²) in [5.41, 5.74) is 1.96. The van der Waals surface area contributed by atoms with Crippen LogP contribution in [0, 0.1) is 17.2 Å². The Labute approximate surface area is 176 Å². The Kier molecular flexibility index (Phi) is 5.37. The average molecular weight is 397 g/mol. The van der Waals surface area contributed by atoms with Crippen LogP contribution in [0.5, 0.6) is 0 Å². The third-order valence-corrected chi connectivity index (χ3v) is 6.05. The first-order valence-corrected chi connectivity index (χ1v) is 10.3.